The standard InChI is InChI=1S/C23H26F3N3O2/c1-15-3-8-20(16(2)13-15)28-21(30)14-29-11-9-17(10-12-29)22(31)27-19-6-4-18(5-7-19)23(24,25)26/h3-8,13,17H,9-12,14H2,1-2H3,(H,27,31)(H,28,30). The summed E-state index contributed by atoms with van der Waals surface area (Å²) in [4.78, 5) is 26.8. The lowest BCUT2D eigenvalue weighted by Crippen LogP contribution is -2.41. The molecule has 2 aromatic carbocycles. The fraction of sp³-hybridized carbons (Fsp3) is 0.391. The molecular formula is C23H26F3N3O2. The molecule has 0 radical (unpaired) electrons. The van der Waals surface area contributed by atoms with Gasteiger partial charge in [0, 0.05) is 17.3 Å². The van der Waals surface area contributed by atoms with Crippen molar-refractivity contribution in [3.63, 3.8) is 0 Å². The molecule has 1 fully saturated rings. The maximum absolute atomic E-state index is 12.6. The summed E-state index contributed by atoms with van der Waals surface area (Å²) >= 11 is 0. The van der Waals surface area contributed by atoms with Gasteiger partial charge in [-0.25, -0.2) is 0 Å². The summed E-state index contributed by atoms with van der Waals surface area (Å²) in [5.74, 6) is -0.542. The van der Waals surface area contributed by atoms with E-state index in [-0.39, 0.29) is 24.3 Å². The molecule has 2 N–H and O–H groups in total. The average molecular weight is 433 g/mol. The topological polar surface area (TPSA) is 61.4 Å². The summed E-state index contributed by atoms with van der Waals surface area (Å²) in [5.41, 5.74) is 2.52. The molecule has 0 aliphatic carbocycles. The van der Waals surface area contributed by atoms with E-state index >= 15 is 0 Å². The fourth-order valence-electron chi connectivity index (χ4n) is 3.69. The Labute approximate surface area is 179 Å². The third-order valence-corrected chi connectivity index (χ3v) is 5.46. The van der Waals surface area contributed by atoms with Crippen molar-refractivity contribution in [1.82, 2.24) is 4.90 Å². The first-order valence-corrected chi connectivity index (χ1v) is 10.2. The van der Waals surface area contributed by atoms with Gasteiger partial charge in [-0.05, 0) is 75.7 Å². The van der Waals surface area contributed by atoms with Crippen molar-refractivity contribution in [1.29, 1.82) is 0 Å². The number of nitrogens with zero attached hydrogens (tertiary/aromatic N) is 1. The summed E-state index contributed by atoms with van der Waals surface area (Å²) in [6.45, 7) is 5.40. The Morgan fingerprint density at radius 2 is 1.65 bits per heavy atom. The van der Waals surface area contributed by atoms with Crippen LogP contribution in [0.1, 0.15) is 29.5 Å². The zero-order valence-corrected chi connectivity index (χ0v) is 17.6. The molecule has 3 rings (SSSR count). The summed E-state index contributed by atoms with van der Waals surface area (Å²) in [5, 5.41) is 5.61. The number of benzene rings is 2. The molecule has 2 amide bonds. The van der Waals surface area contributed by atoms with Crippen LogP contribution in [0, 0.1) is 19.8 Å². The lowest BCUT2D eigenvalue weighted by Gasteiger charge is -2.30. The fourth-order valence-corrected chi connectivity index (χ4v) is 3.69. The molecule has 0 atom stereocenters. The van der Waals surface area contributed by atoms with Crippen LogP contribution < -0.4 is 10.6 Å². The second-order valence-electron chi connectivity index (χ2n) is 7.98. The zero-order chi connectivity index (χ0) is 22.6. The van der Waals surface area contributed by atoms with Crippen molar-refractivity contribution < 1.29 is 22.8 Å². The number of rotatable bonds is 5. The Morgan fingerprint density at radius 3 is 2.23 bits per heavy atom. The lowest BCUT2D eigenvalue weighted by atomic mass is 9.95. The number of alkyl halides is 3. The minimum atomic E-state index is -4.40. The molecule has 5 nitrogen and oxygen atoms in total. The van der Waals surface area contributed by atoms with Crippen molar-refractivity contribution in [2.45, 2.75) is 32.9 Å². The van der Waals surface area contributed by atoms with Gasteiger partial charge in [-0.2, -0.15) is 13.2 Å². The highest BCUT2D eigenvalue weighted by molar-refractivity contribution is 5.93. The van der Waals surface area contributed by atoms with Gasteiger partial charge < -0.3 is 10.6 Å². The molecule has 0 bridgehead atoms. The SMILES string of the molecule is Cc1ccc(NC(=O)CN2CCC(C(=O)Nc3ccc(C(F)(F)F)cc3)CC2)c(C)c1. The van der Waals surface area contributed by atoms with E-state index in [0.29, 0.717) is 31.6 Å². The number of nitrogens with one attached hydrogen (secondary N) is 2. The number of anilines is 2. The number of carbonyl (C=O) groups is 2. The maximum Gasteiger partial charge on any atom is 0.416 e. The van der Waals surface area contributed by atoms with Gasteiger partial charge in [0.05, 0.1) is 12.1 Å². The number of piperidine rings is 1. The molecule has 2 aromatic rings. The number of halogens is 3. The highest BCUT2D eigenvalue weighted by Gasteiger charge is 2.30. The van der Waals surface area contributed by atoms with Crippen LogP contribution in [-0.4, -0.2) is 36.3 Å². The molecule has 0 aromatic heterocycles. The van der Waals surface area contributed by atoms with Gasteiger partial charge in [0.15, 0.2) is 0 Å². The van der Waals surface area contributed by atoms with Crippen molar-refractivity contribution in [2.24, 2.45) is 5.92 Å². The Morgan fingerprint density at radius 1 is 1.00 bits per heavy atom. The molecule has 0 unspecified atom stereocenters. The highest BCUT2D eigenvalue weighted by atomic mass is 19.4. The van der Waals surface area contributed by atoms with Gasteiger partial charge >= 0.3 is 6.18 Å². The second-order valence-corrected chi connectivity index (χ2v) is 7.98. The van der Waals surface area contributed by atoms with Crippen LogP contribution in [-0.2, 0) is 15.8 Å². The van der Waals surface area contributed by atoms with Crippen LogP contribution in [0.25, 0.3) is 0 Å². The van der Waals surface area contributed by atoms with Gasteiger partial charge in [-0.3, -0.25) is 14.5 Å². The summed E-state index contributed by atoms with van der Waals surface area (Å²) < 4.78 is 37.9. The van der Waals surface area contributed by atoms with Crippen molar-refractivity contribution in [3.8, 4) is 0 Å². The van der Waals surface area contributed by atoms with Gasteiger partial charge in [0.25, 0.3) is 0 Å². The van der Waals surface area contributed by atoms with Gasteiger partial charge in [-0.1, -0.05) is 17.7 Å². The number of hydrogen-bond acceptors (Lipinski definition) is 3. The molecular weight excluding hydrogens is 407 g/mol. The smallest absolute Gasteiger partial charge is 0.326 e. The van der Waals surface area contributed by atoms with E-state index < -0.39 is 11.7 Å². The molecule has 1 saturated heterocycles. The maximum atomic E-state index is 12.6. The number of amides is 2. The number of likely N-dealkylation sites (tertiary alicyclic amines) is 1. The Hall–Kier alpha value is -2.87. The van der Waals surface area contributed by atoms with E-state index in [1.165, 1.54) is 12.1 Å². The number of hydrogen-bond donors (Lipinski definition) is 2. The van der Waals surface area contributed by atoms with Crippen LogP contribution in [0.2, 0.25) is 0 Å². The summed E-state index contributed by atoms with van der Waals surface area (Å²) in [6.07, 6.45) is -3.23. The zero-order valence-electron chi connectivity index (χ0n) is 17.6. The molecule has 166 valence electrons. The first kappa shape index (κ1) is 22.8. The molecule has 1 heterocycles. The normalized spacial score (nSPS) is 15.5. The van der Waals surface area contributed by atoms with Crippen molar-refractivity contribution in [2.75, 3.05) is 30.3 Å². The van der Waals surface area contributed by atoms with Gasteiger partial charge in [0.2, 0.25) is 11.8 Å². The number of carbonyl (C=O) groups excluding carboxylic acids is 2. The van der Waals surface area contributed by atoms with Crippen LogP contribution in [0.15, 0.2) is 42.5 Å². The first-order valence-electron chi connectivity index (χ1n) is 10.2. The minimum absolute atomic E-state index is 0.0976. The predicted octanol–water partition coefficient (Wildman–Crippen LogP) is 4.61. The third-order valence-electron chi connectivity index (χ3n) is 5.46. The lowest BCUT2D eigenvalue weighted by molar-refractivity contribution is -0.137. The largest absolute Gasteiger partial charge is 0.416 e. The molecule has 1 aliphatic heterocycles. The van der Waals surface area contributed by atoms with Crippen molar-refractivity contribution >= 4 is 23.2 Å². The van der Waals surface area contributed by atoms with Crippen molar-refractivity contribution in [3.05, 3.63) is 59.2 Å². The van der Waals surface area contributed by atoms with Crippen LogP contribution in [0.3, 0.4) is 0 Å². The highest BCUT2D eigenvalue weighted by Crippen LogP contribution is 2.30. The minimum Gasteiger partial charge on any atom is -0.326 e. The van der Waals surface area contributed by atoms with Crippen LogP contribution in [0.4, 0.5) is 24.5 Å². The molecule has 0 spiro atoms. The molecule has 0 saturated carbocycles. The molecule has 1 aliphatic rings. The Balaban J connectivity index is 1.45. The average Bonchev–Trinajstić information content (AvgIpc) is 2.70. The second kappa shape index (κ2) is 9.51. The predicted molar refractivity (Wildman–Crippen MR) is 114 cm³/mol. The number of aryl methyl sites for hydroxylation is 2. The molecule has 31 heavy (non-hydrogen) atoms. The van der Waals surface area contributed by atoms with Gasteiger partial charge in [0.1, 0.15) is 0 Å². The van der Waals surface area contributed by atoms with Gasteiger partial charge in [-0.15, -0.1) is 0 Å². The molecule has 8 heteroatoms. The van der Waals surface area contributed by atoms with E-state index in [2.05, 4.69) is 10.6 Å². The summed E-state index contributed by atoms with van der Waals surface area (Å²) in [6, 6.07) is 10.3. The van der Waals surface area contributed by atoms with Crippen LogP contribution >= 0.6 is 0 Å². The van der Waals surface area contributed by atoms with E-state index in [9.17, 15) is 22.8 Å². The Bertz CT molecular complexity index is 934. The van der Waals surface area contributed by atoms with E-state index in [1.54, 1.807) is 0 Å². The summed E-state index contributed by atoms with van der Waals surface area (Å²) in [7, 11) is 0. The van der Waals surface area contributed by atoms with E-state index in [1.807, 2.05) is 36.9 Å². The van der Waals surface area contributed by atoms with E-state index in [4.69, 9.17) is 0 Å². The first-order chi connectivity index (χ1) is 14.6. The third kappa shape index (κ3) is 6.30. The monoisotopic (exact) mass is 433 g/mol. The van der Waals surface area contributed by atoms with Crippen LogP contribution in [0.5, 0.6) is 0 Å². The Kier molecular flexibility index (Phi) is 7.00. The van der Waals surface area contributed by atoms with E-state index in [0.717, 1.165) is 28.9 Å². The quantitative estimate of drug-likeness (QED) is 0.724.